The molecule has 0 unspecified atom stereocenters. The standard InChI is InChI=1S/C17H29N5O2/c1-13(2)4-5-19-17-20-14(3)12-15(21-17)16(23)18-6-7-22-8-10-24-11-9-22/h12-13H,4-11H2,1-3H3,(H,18,23)(H,19,20,21). The van der Waals surface area contributed by atoms with Crippen molar-refractivity contribution in [1.29, 1.82) is 0 Å². The van der Waals surface area contributed by atoms with Gasteiger partial charge in [0.05, 0.1) is 13.2 Å². The maximum absolute atomic E-state index is 12.3. The second-order valence-corrected chi connectivity index (χ2v) is 6.54. The molecular formula is C17H29N5O2. The van der Waals surface area contributed by atoms with E-state index in [1.807, 2.05) is 6.92 Å². The van der Waals surface area contributed by atoms with Crippen molar-refractivity contribution in [1.82, 2.24) is 20.2 Å². The molecule has 1 amide bonds. The van der Waals surface area contributed by atoms with Gasteiger partial charge in [-0.1, -0.05) is 13.8 Å². The second kappa shape index (κ2) is 9.54. The fraction of sp³-hybridized carbons (Fsp3) is 0.706. The molecule has 134 valence electrons. The van der Waals surface area contributed by atoms with E-state index in [0.717, 1.165) is 51.5 Å². The fourth-order valence-corrected chi connectivity index (χ4v) is 2.48. The summed E-state index contributed by atoms with van der Waals surface area (Å²) < 4.78 is 5.32. The number of rotatable bonds is 8. The first kappa shape index (κ1) is 18.6. The van der Waals surface area contributed by atoms with Crippen LogP contribution in [0.25, 0.3) is 0 Å². The molecule has 24 heavy (non-hydrogen) atoms. The van der Waals surface area contributed by atoms with E-state index in [0.29, 0.717) is 24.1 Å². The quantitative estimate of drug-likeness (QED) is 0.746. The lowest BCUT2D eigenvalue weighted by Crippen LogP contribution is -2.41. The number of anilines is 1. The smallest absolute Gasteiger partial charge is 0.270 e. The van der Waals surface area contributed by atoms with E-state index < -0.39 is 0 Å². The first-order valence-electron chi connectivity index (χ1n) is 8.72. The molecule has 1 saturated heterocycles. The van der Waals surface area contributed by atoms with Gasteiger partial charge in [0.1, 0.15) is 5.69 Å². The Morgan fingerprint density at radius 1 is 1.29 bits per heavy atom. The van der Waals surface area contributed by atoms with Crippen molar-refractivity contribution in [2.45, 2.75) is 27.2 Å². The molecule has 1 aromatic heterocycles. The summed E-state index contributed by atoms with van der Waals surface area (Å²) in [4.78, 5) is 23.3. The molecule has 0 radical (unpaired) electrons. The van der Waals surface area contributed by atoms with Gasteiger partial charge in [-0.2, -0.15) is 0 Å². The van der Waals surface area contributed by atoms with Gasteiger partial charge in [-0.15, -0.1) is 0 Å². The van der Waals surface area contributed by atoms with Crippen LogP contribution < -0.4 is 10.6 Å². The number of ether oxygens (including phenoxy) is 1. The predicted octanol–water partition coefficient (Wildman–Crippen LogP) is 1.31. The van der Waals surface area contributed by atoms with Gasteiger partial charge in [0.2, 0.25) is 5.95 Å². The van der Waals surface area contributed by atoms with Crippen LogP contribution in [0.2, 0.25) is 0 Å². The Morgan fingerprint density at radius 3 is 2.75 bits per heavy atom. The van der Waals surface area contributed by atoms with Crippen molar-refractivity contribution in [2.24, 2.45) is 5.92 Å². The van der Waals surface area contributed by atoms with Crippen LogP contribution in [0.15, 0.2) is 6.07 Å². The van der Waals surface area contributed by atoms with Gasteiger partial charge >= 0.3 is 0 Å². The van der Waals surface area contributed by atoms with E-state index in [1.54, 1.807) is 6.07 Å². The molecule has 0 aliphatic carbocycles. The van der Waals surface area contributed by atoms with E-state index in [9.17, 15) is 4.79 Å². The summed E-state index contributed by atoms with van der Waals surface area (Å²) in [7, 11) is 0. The van der Waals surface area contributed by atoms with Gasteiger partial charge in [0.25, 0.3) is 5.91 Å². The number of nitrogens with zero attached hydrogens (tertiary/aromatic N) is 3. The summed E-state index contributed by atoms with van der Waals surface area (Å²) in [6.07, 6.45) is 1.04. The summed E-state index contributed by atoms with van der Waals surface area (Å²) in [5.41, 5.74) is 1.20. The largest absolute Gasteiger partial charge is 0.379 e. The number of aryl methyl sites for hydroxylation is 1. The van der Waals surface area contributed by atoms with E-state index in [4.69, 9.17) is 4.74 Å². The normalized spacial score (nSPS) is 15.5. The number of nitrogens with one attached hydrogen (secondary N) is 2. The Kier molecular flexibility index (Phi) is 7.39. The van der Waals surface area contributed by atoms with Crippen LogP contribution in [0.5, 0.6) is 0 Å². The van der Waals surface area contributed by atoms with Crippen molar-refractivity contribution in [2.75, 3.05) is 51.3 Å². The Balaban J connectivity index is 1.82. The average molecular weight is 335 g/mol. The highest BCUT2D eigenvalue weighted by Crippen LogP contribution is 2.06. The molecule has 7 nitrogen and oxygen atoms in total. The number of morpholine rings is 1. The number of amides is 1. The number of hydrogen-bond donors (Lipinski definition) is 2. The molecule has 0 bridgehead atoms. The zero-order valence-electron chi connectivity index (χ0n) is 15.0. The Morgan fingerprint density at radius 2 is 2.04 bits per heavy atom. The predicted molar refractivity (Wildman–Crippen MR) is 94.3 cm³/mol. The second-order valence-electron chi connectivity index (χ2n) is 6.54. The maximum atomic E-state index is 12.3. The summed E-state index contributed by atoms with van der Waals surface area (Å²) in [6.45, 7) is 11.8. The van der Waals surface area contributed by atoms with Crippen LogP contribution in [-0.4, -0.2) is 66.7 Å². The first-order chi connectivity index (χ1) is 11.5. The third-order valence-electron chi connectivity index (χ3n) is 3.91. The molecule has 2 heterocycles. The van der Waals surface area contributed by atoms with E-state index >= 15 is 0 Å². The molecule has 1 aromatic rings. The molecule has 0 atom stereocenters. The molecule has 1 aliphatic rings. The molecule has 2 rings (SSSR count). The van der Waals surface area contributed by atoms with E-state index in [2.05, 4.69) is 39.3 Å². The monoisotopic (exact) mass is 335 g/mol. The Bertz CT molecular complexity index is 530. The van der Waals surface area contributed by atoms with E-state index in [1.165, 1.54) is 0 Å². The van der Waals surface area contributed by atoms with Crippen molar-refractivity contribution in [3.8, 4) is 0 Å². The van der Waals surface area contributed by atoms with Crippen molar-refractivity contribution >= 4 is 11.9 Å². The van der Waals surface area contributed by atoms with Gasteiger partial charge in [0.15, 0.2) is 0 Å². The minimum Gasteiger partial charge on any atom is -0.379 e. The number of carbonyl (C=O) groups is 1. The summed E-state index contributed by atoms with van der Waals surface area (Å²) in [5.74, 6) is 0.986. The molecule has 1 fully saturated rings. The molecule has 0 spiro atoms. The van der Waals surface area contributed by atoms with Gasteiger partial charge in [-0.3, -0.25) is 9.69 Å². The highest BCUT2D eigenvalue weighted by molar-refractivity contribution is 5.92. The zero-order valence-corrected chi connectivity index (χ0v) is 15.0. The van der Waals surface area contributed by atoms with Crippen LogP contribution in [0.3, 0.4) is 0 Å². The summed E-state index contributed by atoms with van der Waals surface area (Å²) in [5, 5.41) is 6.13. The average Bonchev–Trinajstić information content (AvgIpc) is 2.55. The Hall–Kier alpha value is -1.73. The van der Waals surface area contributed by atoms with Crippen molar-refractivity contribution in [3.63, 3.8) is 0 Å². The highest BCUT2D eigenvalue weighted by atomic mass is 16.5. The molecule has 7 heteroatoms. The minimum atomic E-state index is -0.152. The van der Waals surface area contributed by atoms with Gasteiger partial charge in [-0.05, 0) is 25.3 Å². The minimum absolute atomic E-state index is 0.152. The maximum Gasteiger partial charge on any atom is 0.270 e. The summed E-state index contributed by atoms with van der Waals surface area (Å²) in [6, 6.07) is 1.72. The van der Waals surface area contributed by atoms with Crippen LogP contribution in [0.1, 0.15) is 36.5 Å². The van der Waals surface area contributed by atoms with Crippen LogP contribution in [-0.2, 0) is 4.74 Å². The number of hydrogen-bond acceptors (Lipinski definition) is 6. The Labute approximate surface area is 144 Å². The van der Waals surface area contributed by atoms with Crippen molar-refractivity contribution in [3.05, 3.63) is 17.5 Å². The zero-order chi connectivity index (χ0) is 17.4. The third-order valence-corrected chi connectivity index (χ3v) is 3.91. The highest BCUT2D eigenvalue weighted by Gasteiger charge is 2.13. The van der Waals surface area contributed by atoms with Crippen LogP contribution in [0, 0.1) is 12.8 Å². The molecule has 0 aromatic carbocycles. The lowest BCUT2D eigenvalue weighted by molar-refractivity contribution is 0.0383. The van der Waals surface area contributed by atoms with Crippen LogP contribution in [0.4, 0.5) is 5.95 Å². The third kappa shape index (κ3) is 6.41. The molecule has 2 N–H and O–H groups in total. The van der Waals surface area contributed by atoms with Gasteiger partial charge in [0, 0.05) is 38.4 Å². The lowest BCUT2D eigenvalue weighted by atomic mass is 10.1. The molecule has 1 aliphatic heterocycles. The fourth-order valence-electron chi connectivity index (χ4n) is 2.48. The van der Waals surface area contributed by atoms with Crippen molar-refractivity contribution < 1.29 is 9.53 Å². The molecule has 0 saturated carbocycles. The molecular weight excluding hydrogens is 306 g/mol. The number of carbonyl (C=O) groups excluding carboxylic acids is 1. The first-order valence-corrected chi connectivity index (χ1v) is 8.72. The topological polar surface area (TPSA) is 79.4 Å². The SMILES string of the molecule is Cc1cc(C(=O)NCCN2CCOCC2)nc(NCCC(C)C)n1. The van der Waals surface area contributed by atoms with Gasteiger partial charge in [-0.25, -0.2) is 9.97 Å². The van der Waals surface area contributed by atoms with Gasteiger partial charge < -0.3 is 15.4 Å². The lowest BCUT2D eigenvalue weighted by Gasteiger charge is -2.26. The number of aromatic nitrogens is 2. The van der Waals surface area contributed by atoms with E-state index in [-0.39, 0.29) is 5.91 Å². The summed E-state index contributed by atoms with van der Waals surface area (Å²) >= 11 is 0. The van der Waals surface area contributed by atoms with Crippen LogP contribution >= 0.6 is 0 Å².